The van der Waals surface area contributed by atoms with Gasteiger partial charge >= 0.3 is 0 Å². The van der Waals surface area contributed by atoms with Crippen LogP contribution in [0.1, 0.15) is 30.3 Å². The van der Waals surface area contributed by atoms with Crippen LogP contribution < -0.4 is 20.2 Å². The number of hydrogen-bond acceptors (Lipinski definition) is 6. The monoisotopic (exact) mass is 349 g/mol. The molecule has 1 aliphatic rings. The molecule has 0 aliphatic carbocycles. The van der Waals surface area contributed by atoms with Gasteiger partial charge in [0.1, 0.15) is 0 Å². The molecule has 2 heterocycles. The molecule has 0 bridgehead atoms. The Morgan fingerprint density at radius 1 is 1.38 bits per heavy atom. The smallest absolute Gasteiger partial charge is 0.275 e. The van der Waals surface area contributed by atoms with Gasteiger partial charge in [0, 0.05) is 24.9 Å². The number of benzene rings is 1. The lowest BCUT2D eigenvalue weighted by Crippen LogP contribution is -2.33. The molecule has 1 aliphatic heterocycles. The van der Waals surface area contributed by atoms with Crippen LogP contribution in [0.25, 0.3) is 10.9 Å². The molecule has 7 nitrogen and oxygen atoms in total. The van der Waals surface area contributed by atoms with Crippen LogP contribution in [0.15, 0.2) is 16.9 Å². The Morgan fingerprint density at radius 3 is 2.83 bits per heavy atom. The van der Waals surface area contributed by atoms with E-state index >= 15 is 0 Å². The fraction of sp³-hybridized carbons (Fsp3) is 0.438. The zero-order valence-electron chi connectivity index (χ0n) is 13.4. The Labute approximate surface area is 144 Å². The number of unbranched alkanes of at least 4 members (excludes halogenated alkanes) is 1. The maximum atomic E-state index is 12.7. The molecule has 1 aromatic carbocycles. The lowest BCUT2D eigenvalue weighted by Gasteiger charge is -2.12. The van der Waals surface area contributed by atoms with Gasteiger partial charge in [-0.15, -0.1) is 0 Å². The number of carbonyl (C=O) groups excluding carboxylic acids is 1. The van der Waals surface area contributed by atoms with E-state index in [2.05, 4.69) is 30.0 Å². The predicted molar refractivity (Wildman–Crippen MR) is 93.2 cm³/mol. The van der Waals surface area contributed by atoms with E-state index in [-0.39, 0.29) is 12.5 Å². The van der Waals surface area contributed by atoms with E-state index in [0.717, 1.165) is 12.8 Å². The van der Waals surface area contributed by atoms with Crippen molar-refractivity contribution in [3.8, 4) is 11.5 Å². The van der Waals surface area contributed by atoms with Crippen molar-refractivity contribution >= 4 is 29.4 Å². The van der Waals surface area contributed by atoms with Gasteiger partial charge in [0.25, 0.3) is 5.91 Å². The van der Waals surface area contributed by atoms with E-state index in [1.807, 2.05) is 0 Å². The number of hydrogen-bond donors (Lipinski definition) is 2. The number of nitrogens with one attached hydrogen (secondary N) is 1. The second-order valence-corrected chi connectivity index (χ2v) is 5.90. The molecule has 1 amide bonds. The van der Waals surface area contributed by atoms with Gasteiger partial charge in [-0.3, -0.25) is 14.3 Å². The average Bonchev–Trinajstić information content (AvgIpc) is 3.05. The summed E-state index contributed by atoms with van der Waals surface area (Å²) in [6, 6.07) is 3.37. The highest BCUT2D eigenvalue weighted by atomic mass is 32.1. The number of carbonyl (C=O) groups is 1. The first-order valence-corrected chi connectivity index (χ1v) is 8.52. The Balaban J connectivity index is 2.15. The van der Waals surface area contributed by atoms with Crippen molar-refractivity contribution in [2.24, 2.45) is 0 Å². The van der Waals surface area contributed by atoms with Crippen LogP contribution in [-0.2, 0) is 6.54 Å². The lowest BCUT2D eigenvalue weighted by atomic mass is 10.1. The number of rotatable bonds is 6. The van der Waals surface area contributed by atoms with Gasteiger partial charge < -0.3 is 14.8 Å². The molecule has 0 saturated heterocycles. The minimum atomic E-state index is -0.487. The number of ether oxygens (including phenoxy) is 2. The van der Waals surface area contributed by atoms with Crippen LogP contribution in [0.4, 0.5) is 0 Å². The summed E-state index contributed by atoms with van der Waals surface area (Å²) in [5.74, 6) is 1.09. The number of aryl methyl sites for hydroxylation is 1. The third-order valence-corrected chi connectivity index (χ3v) is 4.01. The van der Waals surface area contributed by atoms with Crippen LogP contribution >= 0.6 is 12.6 Å². The van der Waals surface area contributed by atoms with Crippen LogP contribution in [0.3, 0.4) is 0 Å². The SMILES string of the molecule is CCCCn1nc(C(=O)NCCS)c(=O)c2cc3c(cc21)OCO3. The molecule has 128 valence electrons. The van der Waals surface area contributed by atoms with Crippen LogP contribution in [0, 0.1) is 0 Å². The Bertz CT molecular complexity index is 834. The minimum absolute atomic E-state index is 0.112. The molecule has 0 saturated carbocycles. The molecule has 0 fully saturated rings. The first-order chi connectivity index (χ1) is 11.7. The largest absolute Gasteiger partial charge is 0.454 e. The molecule has 0 radical (unpaired) electrons. The maximum absolute atomic E-state index is 12.7. The molecular formula is C16H19N3O4S. The summed E-state index contributed by atoms with van der Waals surface area (Å²) in [6.45, 7) is 3.17. The summed E-state index contributed by atoms with van der Waals surface area (Å²) in [6.07, 6.45) is 1.86. The number of thiol groups is 1. The highest BCUT2D eigenvalue weighted by Crippen LogP contribution is 2.35. The van der Waals surface area contributed by atoms with Gasteiger partial charge in [-0.05, 0) is 12.5 Å². The zero-order chi connectivity index (χ0) is 17.1. The summed E-state index contributed by atoms with van der Waals surface area (Å²) in [7, 11) is 0. The summed E-state index contributed by atoms with van der Waals surface area (Å²) < 4.78 is 12.4. The van der Waals surface area contributed by atoms with Crippen molar-refractivity contribution in [1.82, 2.24) is 15.1 Å². The summed E-state index contributed by atoms with van der Waals surface area (Å²) in [5, 5.41) is 7.33. The molecule has 2 aromatic rings. The molecule has 24 heavy (non-hydrogen) atoms. The van der Waals surface area contributed by atoms with Gasteiger partial charge in [0.15, 0.2) is 17.2 Å². The maximum Gasteiger partial charge on any atom is 0.275 e. The number of aromatic nitrogens is 2. The normalized spacial score (nSPS) is 12.6. The number of amides is 1. The van der Waals surface area contributed by atoms with Crippen LogP contribution in [-0.4, -0.2) is 34.8 Å². The van der Waals surface area contributed by atoms with Gasteiger partial charge in [-0.2, -0.15) is 17.7 Å². The predicted octanol–water partition coefficient (Wildman–Crippen LogP) is 1.58. The van der Waals surface area contributed by atoms with E-state index in [0.29, 0.717) is 41.2 Å². The van der Waals surface area contributed by atoms with Crippen molar-refractivity contribution in [2.75, 3.05) is 19.1 Å². The van der Waals surface area contributed by atoms with Crippen molar-refractivity contribution in [2.45, 2.75) is 26.3 Å². The Morgan fingerprint density at radius 2 is 2.12 bits per heavy atom. The first kappa shape index (κ1) is 16.6. The van der Waals surface area contributed by atoms with E-state index < -0.39 is 11.3 Å². The minimum Gasteiger partial charge on any atom is -0.454 e. The topological polar surface area (TPSA) is 82.5 Å². The van der Waals surface area contributed by atoms with Crippen molar-refractivity contribution in [1.29, 1.82) is 0 Å². The highest BCUT2D eigenvalue weighted by Gasteiger charge is 2.21. The van der Waals surface area contributed by atoms with Gasteiger partial charge in [0.2, 0.25) is 12.2 Å². The average molecular weight is 349 g/mol. The molecule has 3 rings (SSSR count). The molecule has 0 unspecified atom stereocenters. The van der Waals surface area contributed by atoms with Gasteiger partial charge in [0.05, 0.1) is 10.9 Å². The highest BCUT2D eigenvalue weighted by molar-refractivity contribution is 7.80. The van der Waals surface area contributed by atoms with Crippen molar-refractivity contribution in [3.63, 3.8) is 0 Å². The molecule has 0 atom stereocenters. The summed E-state index contributed by atoms with van der Waals surface area (Å²) in [4.78, 5) is 25.0. The third kappa shape index (κ3) is 3.06. The number of fused-ring (bicyclic) bond motifs is 2. The molecular weight excluding hydrogens is 330 g/mol. The second-order valence-electron chi connectivity index (χ2n) is 5.46. The zero-order valence-corrected chi connectivity index (χ0v) is 14.3. The van der Waals surface area contributed by atoms with Crippen LogP contribution in [0.2, 0.25) is 0 Å². The quantitative estimate of drug-likeness (QED) is 0.774. The number of nitrogens with zero attached hydrogens (tertiary/aromatic N) is 2. The fourth-order valence-corrected chi connectivity index (χ4v) is 2.67. The standard InChI is InChI=1S/C16H19N3O4S/c1-2-3-5-19-11-8-13-12(22-9-23-13)7-10(11)15(20)14(18-19)16(21)17-4-6-24/h7-8,24H,2-6,9H2,1H3,(H,17,21). The summed E-state index contributed by atoms with van der Waals surface area (Å²) >= 11 is 4.05. The van der Waals surface area contributed by atoms with Crippen LogP contribution in [0.5, 0.6) is 11.5 Å². The second kappa shape index (κ2) is 7.12. The van der Waals surface area contributed by atoms with Gasteiger partial charge in [-0.25, -0.2) is 0 Å². The first-order valence-electron chi connectivity index (χ1n) is 7.89. The third-order valence-electron chi connectivity index (χ3n) is 3.79. The van der Waals surface area contributed by atoms with Gasteiger partial charge in [-0.1, -0.05) is 13.3 Å². The molecule has 8 heteroatoms. The van der Waals surface area contributed by atoms with E-state index in [4.69, 9.17) is 9.47 Å². The van der Waals surface area contributed by atoms with E-state index in [1.165, 1.54) is 0 Å². The summed E-state index contributed by atoms with van der Waals surface area (Å²) in [5.41, 5.74) is 0.121. The van der Waals surface area contributed by atoms with Crippen molar-refractivity contribution in [3.05, 3.63) is 28.0 Å². The lowest BCUT2D eigenvalue weighted by molar-refractivity contribution is 0.0948. The molecule has 1 aromatic heterocycles. The van der Waals surface area contributed by atoms with Crippen molar-refractivity contribution < 1.29 is 14.3 Å². The molecule has 0 spiro atoms. The fourth-order valence-electron chi connectivity index (χ4n) is 2.55. The Hall–Kier alpha value is -2.22. The van der Waals surface area contributed by atoms with E-state index in [1.54, 1.807) is 16.8 Å². The van der Waals surface area contributed by atoms with E-state index in [9.17, 15) is 9.59 Å². The Kier molecular flexibility index (Phi) is 4.94. The molecule has 1 N–H and O–H groups in total.